The van der Waals surface area contributed by atoms with Gasteiger partial charge < -0.3 is 10.5 Å². The summed E-state index contributed by atoms with van der Waals surface area (Å²) < 4.78 is 5.70. The average molecular weight is 213 g/mol. The van der Waals surface area contributed by atoms with E-state index in [2.05, 4.69) is 13.8 Å². The van der Waals surface area contributed by atoms with Gasteiger partial charge in [0.2, 0.25) is 0 Å². The van der Waals surface area contributed by atoms with Crippen molar-refractivity contribution in [2.75, 3.05) is 13.2 Å². The van der Waals surface area contributed by atoms with Gasteiger partial charge in [-0.1, -0.05) is 33.1 Å². The van der Waals surface area contributed by atoms with Gasteiger partial charge in [-0.15, -0.1) is 0 Å². The Labute approximate surface area is 94.6 Å². The van der Waals surface area contributed by atoms with Crippen molar-refractivity contribution in [2.24, 2.45) is 17.6 Å². The van der Waals surface area contributed by atoms with E-state index in [-0.39, 0.29) is 6.04 Å². The third-order valence-electron chi connectivity index (χ3n) is 3.50. The number of hydrogen-bond donors (Lipinski definition) is 1. The second kappa shape index (κ2) is 7.24. The molecule has 0 amide bonds. The fraction of sp³-hybridized carbons (Fsp3) is 1.00. The van der Waals surface area contributed by atoms with E-state index < -0.39 is 0 Å². The van der Waals surface area contributed by atoms with Gasteiger partial charge >= 0.3 is 0 Å². The SMILES string of the molecule is CCCC(C)COCC(N)C1CCCC1. The zero-order valence-electron chi connectivity index (χ0n) is 10.4. The molecule has 2 atom stereocenters. The van der Waals surface area contributed by atoms with E-state index in [0.717, 1.165) is 19.1 Å². The van der Waals surface area contributed by atoms with Gasteiger partial charge in [0.1, 0.15) is 0 Å². The van der Waals surface area contributed by atoms with Crippen LogP contribution in [0.15, 0.2) is 0 Å². The van der Waals surface area contributed by atoms with E-state index in [0.29, 0.717) is 5.92 Å². The molecule has 0 aliphatic heterocycles. The Hall–Kier alpha value is -0.0800. The van der Waals surface area contributed by atoms with Crippen LogP contribution in [-0.4, -0.2) is 19.3 Å². The Kier molecular flexibility index (Phi) is 6.26. The van der Waals surface area contributed by atoms with E-state index in [1.54, 1.807) is 0 Å². The minimum Gasteiger partial charge on any atom is -0.380 e. The molecule has 0 saturated heterocycles. The maximum Gasteiger partial charge on any atom is 0.0620 e. The van der Waals surface area contributed by atoms with E-state index in [1.165, 1.54) is 38.5 Å². The molecule has 1 rings (SSSR count). The van der Waals surface area contributed by atoms with Gasteiger partial charge in [0.15, 0.2) is 0 Å². The molecule has 15 heavy (non-hydrogen) atoms. The van der Waals surface area contributed by atoms with Crippen LogP contribution >= 0.6 is 0 Å². The molecule has 2 N–H and O–H groups in total. The summed E-state index contributed by atoms with van der Waals surface area (Å²) in [6.45, 7) is 6.12. The molecule has 1 fully saturated rings. The van der Waals surface area contributed by atoms with Gasteiger partial charge in [-0.3, -0.25) is 0 Å². The average Bonchev–Trinajstić information content (AvgIpc) is 2.70. The van der Waals surface area contributed by atoms with Crippen molar-refractivity contribution in [1.82, 2.24) is 0 Å². The maximum atomic E-state index is 6.11. The lowest BCUT2D eigenvalue weighted by Gasteiger charge is -2.20. The summed E-state index contributed by atoms with van der Waals surface area (Å²) in [5.41, 5.74) is 6.11. The molecular formula is C13H27NO. The third-order valence-corrected chi connectivity index (χ3v) is 3.50. The highest BCUT2D eigenvalue weighted by Crippen LogP contribution is 2.26. The monoisotopic (exact) mass is 213 g/mol. The van der Waals surface area contributed by atoms with E-state index in [9.17, 15) is 0 Å². The van der Waals surface area contributed by atoms with Crippen LogP contribution in [0.2, 0.25) is 0 Å². The van der Waals surface area contributed by atoms with E-state index in [1.807, 2.05) is 0 Å². The molecule has 1 aliphatic rings. The molecule has 0 aromatic rings. The van der Waals surface area contributed by atoms with Gasteiger partial charge in [0.05, 0.1) is 6.61 Å². The summed E-state index contributed by atoms with van der Waals surface area (Å²) in [6, 6.07) is 0.279. The lowest BCUT2D eigenvalue weighted by atomic mass is 10.00. The van der Waals surface area contributed by atoms with Crippen LogP contribution in [-0.2, 0) is 4.74 Å². The fourth-order valence-electron chi connectivity index (χ4n) is 2.50. The number of rotatable bonds is 7. The normalized spacial score (nSPS) is 21.8. The van der Waals surface area contributed by atoms with Crippen LogP contribution < -0.4 is 5.73 Å². The van der Waals surface area contributed by atoms with Crippen LogP contribution in [0.1, 0.15) is 52.4 Å². The van der Waals surface area contributed by atoms with Gasteiger partial charge in [0.25, 0.3) is 0 Å². The summed E-state index contributed by atoms with van der Waals surface area (Å²) in [5, 5.41) is 0. The van der Waals surface area contributed by atoms with Crippen LogP contribution in [0.25, 0.3) is 0 Å². The van der Waals surface area contributed by atoms with Crippen LogP contribution in [0.4, 0.5) is 0 Å². The second-order valence-corrected chi connectivity index (χ2v) is 5.14. The summed E-state index contributed by atoms with van der Waals surface area (Å²) >= 11 is 0. The first-order chi connectivity index (χ1) is 7.24. The number of hydrogen-bond acceptors (Lipinski definition) is 2. The topological polar surface area (TPSA) is 35.2 Å². The molecule has 1 aliphatic carbocycles. The van der Waals surface area contributed by atoms with Crippen molar-refractivity contribution in [3.8, 4) is 0 Å². The number of ether oxygens (including phenoxy) is 1. The molecular weight excluding hydrogens is 186 g/mol. The van der Waals surface area contributed by atoms with Crippen LogP contribution in [0.5, 0.6) is 0 Å². The molecule has 1 saturated carbocycles. The molecule has 0 heterocycles. The first-order valence-electron chi connectivity index (χ1n) is 6.57. The van der Waals surface area contributed by atoms with Crippen molar-refractivity contribution in [2.45, 2.75) is 58.4 Å². The van der Waals surface area contributed by atoms with Crippen molar-refractivity contribution < 1.29 is 4.74 Å². The zero-order chi connectivity index (χ0) is 11.1. The predicted octanol–water partition coefficient (Wildman–Crippen LogP) is 2.96. The molecule has 2 nitrogen and oxygen atoms in total. The minimum atomic E-state index is 0.279. The predicted molar refractivity (Wildman–Crippen MR) is 64.8 cm³/mol. The smallest absolute Gasteiger partial charge is 0.0620 e. The summed E-state index contributed by atoms with van der Waals surface area (Å²) in [7, 11) is 0. The highest BCUT2D eigenvalue weighted by molar-refractivity contribution is 4.77. The standard InChI is InChI=1S/C13H27NO/c1-3-6-11(2)9-15-10-13(14)12-7-4-5-8-12/h11-13H,3-10,14H2,1-2H3. The summed E-state index contributed by atoms with van der Waals surface area (Å²) in [4.78, 5) is 0. The Morgan fingerprint density at radius 2 is 1.93 bits per heavy atom. The molecule has 0 bridgehead atoms. The summed E-state index contributed by atoms with van der Waals surface area (Å²) in [6.07, 6.45) is 7.87. The van der Waals surface area contributed by atoms with E-state index in [4.69, 9.17) is 10.5 Å². The lowest BCUT2D eigenvalue weighted by Crippen LogP contribution is -2.33. The molecule has 90 valence electrons. The van der Waals surface area contributed by atoms with Crippen molar-refractivity contribution in [1.29, 1.82) is 0 Å². The van der Waals surface area contributed by atoms with Crippen molar-refractivity contribution in [3.63, 3.8) is 0 Å². The van der Waals surface area contributed by atoms with Crippen LogP contribution in [0, 0.1) is 11.8 Å². The fourth-order valence-corrected chi connectivity index (χ4v) is 2.50. The minimum absolute atomic E-state index is 0.279. The molecule has 0 aromatic heterocycles. The molecule has 0 radical (unpaired) electrons. The Balaban J connectivity index is 2.03. The van der Waals surface area contributed by atoms with Gasteiger partial charge in [0, 0.05) is 12.6 Å². The highest BCUT2D eigenvalue weighted by atomic mass is 16.5. The maximum absolute atomic E-state index is 6.11. The van der Waals surface area contributed by atoms with E-state index >= 15 is 0 Å². The Morgan fingerprint density at radius 1 is 1.27 bits per heavy atom. The van der Waals surface area contributed by atoms with Crippen molar-refractivity contribution >= 4 is 0 Å². The molecule has 0 aromatic carbocycles. The van der Waals surface area contributed by atoms with Gasteiger partial charge in [-0.05, 0) is 31.1 Å². The number of nitrogens with two attached hydrogens (primary N) is 1. The quantitative estimate of drug-likeness (QED) is 0.705. The van der Waals surface area contributed by atoms with Gasteiger partial charge in [-0.25, -0.2) is 0 Å². The van der Waals surface area contributed by atoms with Crippen LogP contribution in [0.3, 0.4) is 0 Å². The first kappa shape index (κ1) is 13.0. The molecule has 2 heteroatoms. The largest absolute Gasteiger partial charge is 0.380 e. The molecule has 0 spiro atoms. The highest BCUT2D eigenvalue weighted by Gasteiger charge is 2.21. The second-order valence-electron chi connectivity index (χ2n) is 5.14. The first-order valence-corrected chi connectivity index (χ1v) is 6.57. The summed E-state index contributed by atoms with van der Waals surface area (Å²) in [5.74, 6) is 1.41. The van der Waals surface area contributed by atoms with Crippen molar-refractivity contribution in [3.05, 3.63) is 0 Å². The zero-order valence-corrected chi connectivity index (χ0v) is 10.4. The third kappa shape index (κ3) is 4.98. The Morgan fingerprint density at radius 3 is 2.53 bits per heavy atom. The van der Waals surface area contributed by atoms with Gasteiger partial charge in [-0.2, -0.15) is 0 Å². The lowest BCUT2D eigenvalue weighted by molar-refractivity contribution is 0.0793. The molecule has 2 unspecified atom stereocenters. The Bertz CT molecular complexity index is 155.